The Morgan fingerprint density at radius 1 is 1.10 bits per heavy atom. The Kier molecular flexibility index (Phi) is 14.6. The first-order valence-corrected chi connectivity index (χ1v) is 19.0. The Balaban J connectivity index is 1.75. The zero-order valence-corrected chi connectivity index (χ0v) is 30.9. The van der Waals surface area contributed by atoms with Crippen LogP contribution in [0.3, 0.4) is 0 Å². The number of carbonyl (C=O) groups is 1. The maximum absolute atomic E-state index is 14.6. The normalized spacial score (nSPS) is 28.8. The minimum Gasteiger partial charge on any atom is -0.396 e. The number of aliphatic hydroxyl groups excluding tert-OH is 3. The highest BCUT2D eigenvalue weighted by molar-refractivity contribution is 5.98. The van der Waals surface area contributed by atoms with E-state index in [0.29, 0.717) is 38.5 Å². The number of carbonyl (C=O) groups excluding carboxylic acids is 1. The minimum absolute atomic E-state index is 0.00946. The third-order valence-corrected chi connectivity index (χ3v) is 12.0. The van der Waals surface area contributed by atoms with Gasteiger partial charge in [0.05, 0.1) is 24.5 Å². The third kappa shape index (κ3) is 9.22. The number of hydrogen-bond donors (Lipinski definition) is 6. The molecule has 0 heterocycles. The van der Waals surface area contributed by atoms with Crippen molar-refractivity contribution in [2.75, 3.05) is 13.2 Å². The molecule has 1 aromatic carbocycles. The molecule has 0 aromatic heterocycles. The molecule has 7 nitrogen and oxygen atoms in total. The van der Waals surface area contributed by atoms with Crippen LogP contribution in [0.1, 0.15) is 122 Å². The van der Waals surface area contributed by atoms with Crippen LogP contribution in [-0.2, 0) is 11.2 Å². The second kappa shape index (κ2) is 18.2. The molecule has 0 radical (unpaired) electrons. The maximum atomic E-state index is 14.6. The molecule has 0 saturated heterocycles. The van der Waals surface area contributed by atoms with E-state index in [0.717, 1.165) is 78.4 Å². The average molecular weight is 689 g/mol. The lowest BCUT2D eigenvalue weighted by Gasteiger charge is -2.56. The molecule has 3 aliphatic carbocycles. The zero-order valence-electron chi connectivity index (χ0n) is 30.9. The van der Waals surface area contributed by atoms with Gasteiger partial charge < -0.3 is 31.9 Å². The zero-order chi connectivity index (χ0) is 36.5. The van der Waals surface area contributed by atoms with Gasteiger partial charge in [0.25, 0.3) is 0 Å². The van der Waals surface area contributed by atoms with Gasteiger partial charge in [-0.15, -0.1) is 0 Å². The molecule has 3 saturated carbocycles. The van der Waals surface area contributed by atoms with E-state index in [-0.39, 0.29) is 43.2 Å². The summed E-state index contributed by atoms with van der Waals surface area (Å²) < 4.78 is 0. The molecule has 276 valence electrons. The highest BCUT2D eigenvalue weighted by Crippen LogP contribution is 2.63. The molecular formula is C43H64N2O5. The van der Waals surface area contributed by atoms with E-state index < -0.39 is 23.3 Å². The molecule has 8 N–H and O–H groups in total. The van der Waals surface area contributed by atoms with Crippen molar-refractivity contribution in [1.29, 1.82) is 0 Å². The first kappa shape index (κ1) is 40.1. The quantitative estimate of drug-likeness (QED) is 0.0500. The summed E-state index contributed by atoms with van der Waals surface area (Å²) in [7, 11) is 0. The van der Waals surface area contributed by atoms with E-state index in [2.05, 4.69) is 26.5 Å². The molecule has 1 spiro atoms. The lowest BCUT2D eigenvalue weighted by atomic mass is 9.52. The Morgan fingerprint density at radius 3 is 2.50 bits per heavy atom. The first-order chi connectivity index (χ1) is 23.9. The van der Waals surface area contributed by atoms with Crippen LogP contribution >= 0.6 is 0 Å². The Bertz CT molecular complexity index is 1440. The maximum Gasteiger partial charge on any atom is 0.163 e. The summed E-state index contributed by atoms with van der Waals surface area (Å²) in [6.45, 7) is 9.98. The smallest absolute Gasteiger partial charge is 0.163 e. The number of ketones is 1. The molecule has 4 rings (SSSR count). The molecule has 3 aliphatic rings. The van der Waals surface area contributed by atoms with Gasteiger partial charge in [0, 0.05) is 24.4 Å². The highest BCUT2D eigenvalue weighted by Gasteiger charge is 2.64. The van der Waals surface area contributed by atoms with Crippen molar-refractivity contribution in [2.24, 2.45) is 34.6 Å². The van der Waals surface area contributed by atoms with E-state index >= 15 is 0 Å². The molecule has 1 aromatic rings. The van der Waals surface area contributed by atoms with E-state index in [9.17, 15) is 25.2 Å². The lowest BCUT2D eigenvalue weighted by Crippen LogP contribution is -2.59. The monoisotopic (exact) mass is 688 g/mol. The SMILES string of the molecule is C=C(/C=C/C=C(/CO)[C@H]1CC[C@@]2([C@H](CCCO)/C(=C(/C(=O)Cc3cccc(C(N)N)c3)C3CCCCC3)CC[C@@]2(C)O)[C@@H]1O)CCC=C(C)C. The van der Waals surface area contributed by atoms with Crippen molar-refractivity contribution in [3.8, 4) is 0 Å². The van der Waals surface area contributed by atoms with Gasteiger partial charge in [0.15, 0.2) is 5.78 Å². The Labute approximate surface area is 300 Å². The number of Topliss-reactive ketones (excluding diaryl/α,β-unsaturated/α-hetero) is 1. The molecular weight excluding hydrogens is 624 g/mol. The fourth-order valence-corrected chi connectivity index (χ4v) is 9.42. The second-order valence-corrected chi connectivity index (χ2v) is 15.7. The number of rotatable bonds is 15. The standard InChI is InChI=1S/C43H64N2O5/c1-29(2)12-8-13-30(3)14-9-19-34(28-47)35-22-24-43(40(35)49)37(20-11-25-46)36(21-23-42(43,4)50)39(32-16-6-5-7-17-32)38(48)27-31-15-10-18-33(26-31)41(44)45/h9-10,12,14-15,18-19,26,32,35,37,40-41,46-47,49-50H,3,5-8,11,13,16-17,20-25,27-28,44-45H2,1-2,4H3/b14-9+,34-19-,39-36+/t35-,37-,40-,42-,43-/m1/s1. The van der Waals surface area contributed by atoms with E-state index in [1.165, 1.54) is 5.57 Å². The second-order valence-electron chi connectivity index (χ2n) is 15.7. The van der Waals surface area contributed by atoms with Crippen LogP contribution in [0.2, 0.25) is 0 Å². The summed E-state index contributed by atoms with van der Waals surface area (Å²) in [6, 6.07) is 7.64. The molecule has 0 unspecified atom stereocenters. The van der Waals surface area contributed by atoms with E-state index in [4.69, 9.17) is 11.5 Å². The number of hydrogen-bond acceptors (Lipinski definition) is 7. The van der Waals surface area contributed by atoms with E-state index in [1.807, 2.05) is 49.4 Å². The van der Waals surface area contributed by atoms with Gasteiger partial charge in [-0.2, -0.15) is 0 Å². The largest absolute Gasteiger partial charge is 0.396 e. The van der Waals surface area contributed by atoms with Crippen molar-refractivity contribution >= 4 is 5.78 Å². The van der Waals surface area contributed by atoms with Crippen LogP contribution in [0.4, 0.5) is 0 Å². The van der Waals surface area contributed by atoms with Crippen LogP contribution in [0.5, 0.6) is 0 Å². The Hall–Kier alpha value is -2.65. The topological polar surface area (TPSA) is 150 Å². The van der Waals surface area contributed by atoms with Gasteiger partial charge in [0.1, 0.15) is 0 Å². The average Bonchev–Trinajstić information content (AvgIpc) is 3.42. The lowest BCUT2D eigenvalue weighted by molar-refractivity contribution is -0.168. The van der Waals surface area contributed by atoms with Crippen molar-refractivity contribution < 1.29 is 25.2 Å². The fraction of sp³-hybridized carbons (Fsp3) is 0.605. The minimum atomic E-state index is -1.20. The van der Waals surface area contributed by atoms with Crippen molar-refractivity contribution in [3.05, 3.63) is 94.1 Å². The van der Waals surface area contributed by atoms with E-state index in [1.54, 1.807) is 0 Å². The summed E-state index contributed by atoms with van der Waals surface area (Å²) in [5.74, 6) is -0.410. The third-order valence-electron chi connectivity index (χ3n) is 12.0. The van der Waals surface area contributed by atoms with Gasteiger partial charge in [-0.1, -0.05) is 91.1 Å². The van der Waals surface area contributed by atoms with Gasteiger partial charge in [-0.3, -0.25) is 4.79 Å². The van der Waals surface area contributed by atoms with Crippen LogP contribution in [0.25, 0.3) is 0 Å². The highest BCUT2D eigenvalue weighted by atomic mass is 16.3. The van der Waals surface area contributed by atoms with Crippen LogP contribution < -0.4 is 11.5 Å². The molecule has 50 heavy (non-hydrogen) atoms. The molecule has 0 amide bonds. The number of nitrogens with two attached hydrogens (primary N) is 2. The van der Waals surface area contributed by atoms with Crippen molar-refractivity contribution in [2.45, 2.75) is 129 Å². The predicted octanol–water partition coefficient (Wildman–Crippen LogP) is 7.06. The van der Waals surface area contributed by atoms with Crippen LogP contribution in [0.15, 0.2) is 83.0 Å². The van der Waals surface area contributed by atoms with Gasteiger partial charge in [-0.25, -0.2) is 0 Å². The Morgan fingerprint density at radius 2 is 1.84 bits per heavy atom. The van der Waals surface area contributed by atoms with Crippen LogP contribution in [-0.4, -0.2) is 51.1 Å². The molecule has 7 heteroatoms. The molecule has 0 aliphatic heterocycles. The predicted molar refractivity (Wildman–Crippen MR) is 203 cm³/mol. The molecule has 5 atom stereocenters. The van der Waals surface area contributed by atoms with Gasteiger partial charge in [0.2, 0.25) is 0 Å². The number of allylic oxidation sites excluding steroid dienone is 8. The number of benzene rings is 1. The summed E-state index contributed by atoms with van der Waals surface area (Å²) in [6.07, 6.45) is 16.9. The summed E-state index contributed by atoms with van der Waals surface area (Å²) >= 11 is 0. The number of aliphatic hydroxyl groups is 4. The fourth-order valence-electron chi connectivity index (χ4n) is 9.42. The summed E-state index contributed by atoms with van der Waals surface area (Å²) in [4.78, 5) is 14.6. The molecule has 0 bridgehead atoms. The van der Waals surface area contributed by atoms with Crippen LogP contribution in [0, 0.1) is 23.2 Å². The van der Waals surface area contributed by atoms with Crippen molar-refractivity contribution in [3.63, 3.8) is 0 Å². The van der Waals surface area contributed by atoms with Gasteiger partial charge >= 0.3 is 0 Å². The summed E-state index contributed by atoms with van der Waals surface area (Å²) in [5.41, 5.74) is 16.4. The van der Waals surface area contributed by atoms with Gasteiger partial charge in [-0.05, 0) is 119 Å². The van der Waals surface area contributed by atoms with Crippen molar-refractivity contribution in [1.82, 2.24) is 0 Å². The molecule has 3 fully saturated rings. The summed E-state index contributed by atoms with van der Waals surface area (Å²) in [5, 5.41) is 45.4. The first-order valence-electron chi connectivity index (χ1n) is 19.0.